The van der Waals surface area contributed by atoms with E-state index in [-0.39, 0.29) is 11.1 Å². The number of aromatic nitrogens is 1. The number of hydrogen-bond acceptors (Lipinski definition) is 2. The van der Waals surface area contributed by atoms with E-state index in [2.05, 4.69) is 71.0 Å². The number of rotatable bonds is 7. The van der Waals surface area contributed by atoms with E-state index in [1.54, 1.807) is 0 Å². The van der Waals surface area contributed by atoms with Gasteiger partial charge in [0, 0.05) is 0 Å². The maximum Gasteiger partial charge on any atom is 0.266 e. The lowest BCUT2D eigenvalue weighted by molar-refractivity contribution is 0.799. The molecule has 0 aliphatic carbocycles. The van der Waals surface area contributed by atoms with Crippen molar-refractivity contribution in [3.05, 3.63) is 97.1 Å². The van der Waals surface area contributed by atoms with Crippen LogP contribution < -0.4 is 11.1 Å². The van der Waals surface area contributed by atoms with Crippen LogP contribution in [0.1, 0.15) is 67.3 Å². The van der Waals surface area contributed by atoms with Gasteiger partial charge in [0.25, 0.3) is 11.1 Å². The van der Waals surface area contributed by atoms with Crippen molar-refractivity contribution in [1.29, 1.82) is 0 Å². The van der Waals surface area contributed by atoms with Crippen molar-refractivity contribution >= 4 is 64.6 Å². The molecule has 0 aliphatic heterocycles. The Labute approximate surface area is 244 Å². The first kappa shape index (κ1) is 25.5. The summed E-state index contributed by atoms with van der Waals surface area (Å²) in [4.78, 5) is 29.1. The van der Waals surface area contributed by atoms with Gasteiger partial charge in [0.05, 0.1) is 16.5 Å². The Bertz CT molecular complexity index is 2280. The fraction of sp³-hybridized carbons (Fsp3) is 0.282. The van der Waals surface area contributed by atoms with Crippen LogP contribution in [0.5, 0.6) is 0 Å². The van der Waals surface area contributed by atoms with Gasteiger partial charge in [0.1, 0.15) is 0 Å². The van der Waals surface area contributed by atoms with Gasteiger partial charge < -0.3 is 0 Å². The first-order valence-electron chi connectivity index (χ1n) is 15.6. The molecule has 8 rings (SSSR count). The maximum absolute atomic E-state index is 14.5. The number of aryl methyl sites for hydroxylation is 4. The fourth-order valence-corrected chi connectivity index (χ4v) is 7.86. The van der Waals surface area contributed by atoms with Crippen LogP contribution >= 0.6 is 0 Å². The number of fused-ring (bicyclic) bond motifs is 3. The van der Waals surface area contributed by atoms with Crippen molar-refractivity contribution < 1.29 is 0 Å². The molecule has 7 aromatic carbocycles. The molecule has 3 nitrogen and oxygen atoms in total. The molecular formula is C39H35NO2. The normalized spacial score (nSPS) is 12.7. The SMILES string of the molecule is CCCCc1cc2c3c(=O)n(-c4cc(C)c(C)c(C)c4)c(=O)c3c3cc(CCCC)c4ccc5ccc1c1c5c4c3c21. The molecule has 1 heterocycles. The highest BCUT2D eigenvalue weighted by Gasteiger charge is 2.29. The summed E-state index contributed by atoms with van der Waals surface area (Å²) < 4.78 is 1.45. The van der Waals surface area contributed by atoms with Gasteiger partial charge in [0.2, 0.25) is 0 Å². The molecule has 0 atom stereocenters. The molecule has 0 unspecified atom stereocenters. The van der Waals surface area contributed by atoms with Crippen LogP contribution in [0, 0.1) is 20.8 Å². The first-order valence-corrected chi connectivity index (χ1v) is 15.6. The predicted octanol–water partition coefficient (Wildman–Crippen LogP) is 9.48. The summed E-state index contributed by atoms with van der Waals surface area (Å²) in [6.07, 6.45) is 6.29. The number of nitrogens with zero attached hydrogens (tertiary/aromatic N) is 1. The van der Waals surface area contributed by atoms with Gasteiger partial charge >= 0.3 is 0 Å². The van der Waals surface area contributed by atoms with Gasteiger partial charge in [-0.25, -0.2) is 4.57 Å². The predicted molar refractivity (Wildman–Crippen MR) is 180 cm³/mol. The Kier molecular flexibility index (Phi) is 5.38. The minimum atomic E-state index is -0.196. The van der Waals surface area contributed by atoms with Crippen LogP contribution in [0.25, 0.3) is 70.3 Å². The van der Waals surface area contributed by atoms with Gasteiger partial charge in [-0.3, -0.25) is 9.59 Å². The molecule has 0 N–H and O–H groups in total. The lowest BCUT2D eigenvalue weighted by Gasteiger charge is -2.12. The minimum Gasteiger partial charge on any atom is -0.268 e. The molecule has 0 amide bonds. The second-order valence-corrected chi connectivity index (χ2v) is 12.6. The molecule has 0 bridgehead atoms. The molecule has 0 saturated heterocycles. The van der Waals surface area contributed by atoms with E-state index in [9.17, 15) is 9.59 Å². The second kappa shape index (κ2) is 8.88. The van der Waals surface area contributed by atoms with Gasteiger partial charge in [-0.1, -0.05) is 51.0 Å². The van der Waals surface area contributed by atoms with E-state index in [4.69, 9.17) is 0 Å². The highest BCUT2D eigenvalue weighted by Crippen LogP contribution is 2.51. The van der Waals surface area contributed by atoms with Gasteiger partial charge in [-0.15, -0.1) is 0 Å². The van der Waals surface area contributed by atoms with E-state index in [0.29, 0.717) is 16.5 Å². The fourth-order valence-electron chi connectivity index (χ4n) is 7.86. The van der Waals surface area contributed by atoms with Crippen molar-refractivity contribution in [3.8, 4) is 5.69 Å². The topological polar surface area (TPSA) is 39.1 Å². The van der Waals surface area contributed by atoms with E-state index >= 15 is 0 Å². The summed E-state index contributed by atoms with van der Waals surface area (Å²) in [5, 5.41) is 13.1. The van der Waals surface area contributed by atoms with Crippen LogP contribution in [0.3, 0.4) is 0 Å². The minimum absolute atomic E-state index is 0.196. The molecule has 1 aromatic heterocycles. The smallest absolute Gasteiger partial charge is 0.266 e. The quantitative estimate of drug-likeness (QED) is 0.186. The van der Waals surface area contributed by atoms with Crippen molar-refractivity contribution in [3.63, 3.8) is 0 Å². The van der Waals surface area contributed by atoms with Crippen molar-refractivity contribution in [2.24, 2.45) is 0 Å². The Morgan fingerprint density at radius 2 is 1.00 bits per heavy atom. The lowest BCUT2D eigenvalue weighted by atomic mass is 9.90. The van der Waals surface area contributed by atoms with E-state index in [0.717, 1.165) is 71.2 Å². The number of benzene rings is 6. The maximum atomic E-state index is 14.5. The van der Waals surface area contributed by atoms with Gasteiger partial charge in [-0.2, -0.15) is 0 Å². The van der Waals surface area contributed by atoms with Crippen molar-refractivity contribution in [2.75, 3.05) is 0 Å². The Morgan fingerprint density at radius 1 is 0.548 bits per heavy atom. The zero-order chi connectivity index (χ0) is 29.0. The first-order chi connectivity index (χ1) is 20.3. The third-order valence-corrected chi connectivity index (χ3v) is 10.2. The molecule has 208 valence electrons. The monoisotopic (exact) mass is 549 g/mol. The molecule has 42 heavy (non-hydrogen) atoms. The zero-order valence-electron chi connectivity index (χ0n) is 25.1. The molecule has 0 fully saturated rings. The molecule has 0 aliphatic rings. The van der Waals surface area contributed by atoms with Crippen LogP contribution in [0.4, 0.5) is 0 Å². The third-order valence-electron chi connectivity index (χ3n) is 10.2. The van der Waals surface area contributed by atoms with Gasteiger partial charge in [0.15, 0.2) is 0 Å². The standard InChI is InChI=1S/C39H35NO2/c1-6-8-10-24-18-29-34-32-27(24)14-12-23-13-15-28-25(11-9-7-2)19-30(35(34)33(28)31(23)32)37-36(29)38(41)40(39(37)42)26-16-20(3)22(5)21(4)17-26/h12-19H,6-11H2,1-5H3. The second-order valence-electron chi connectivity index (χ2n) is 12.6. The summed E-state index contributed by atoms with van der Waals surface area (Å²) in [6, 6.07) is 17.6. The lowest BCUT2D eigenvalue weighted by Crippen LogP contribution is -2.23. The van der Waals surface area contributed by atoms with E-state index in [1.807, 2.05) is 12.1 Å². The summed E-state index contributed by atoms with van der Waals surface area (Å²) in [7, 11) is 0. The Hall–Kier alpha value is -4.24. The van der Waals surface area contributed by atoms with Crippen LogP contribution in [0.15, 0.2) is 58.1 Å². The zero-order valence-corrected chi connectivity index (χ0v) is 25.1. The van der Waals surface area contributed by atoms with Crippen molar-refractivity contribution in [2.45, 2.75) is 73.1 Å². The Morgan fingerprint density at radius 3 is 1.45 bits per heavy atom. The van der Waals surface area contributed by atoms with E-state index in [1.165, 1.54) is 53.6 Å². The van der Waals surface area contributed by atoms with Crippen LogP contribution in [0.2, 0.25) is 0 Å². The highest BCUT2D eigenvalue weighted by molar-refractivity contribution is 6.48. The Balaban J connectivity index is 1.65. The summed E-state index contributed by atoms with van der Waals surface area (Å²) in [6.45, 7) is 10.6. The average molecular weight is 550 g/mol. The molecule has 0 saturated carbocycles. The molecule has 0 radical (unpaired) electrons. The van der Waals surface area contributed by atoms with Gasteiger partial charge in [-0.05, 0) is 152 Å². The third kappa shape index (κ3) is 3.12. The summed E-state index contributed by atoms with van der Waals surface area (Å²) in [5.41, 5.74) is 6.20. The molecule has 3 heteroatoms. The van der Waals surface area contributed by atoms with Crippen molar-refractivity contribution in [1.82, 2.24) is 4.57 Å². The summed E-state index contributed by atoms with van der Waals surface area (Å²) >= 11 is 0. The molecular weight excluding hydrogens is 514 g/mol. The number of unbranched alkanes of at least 4 members (excludes halogenated alkanes) is 2. The largest absolute Gasteiger partial charge is 0.268 e. The molecule has 8 aromatic rings. The summed E-state index contributed by atoms with van der Waals surface area (Å²) in [5.74, 6) is 0. The average Bonchev–Trinajstić information content (AvgIpc) is 3.48. The van der Waals surface area contributed by atoms with E-state index < -0.39 is 0 Å². The molecule has 0 spiro atoms. The van der Waals surface area contributed by atoms with Crippen LogP contribution in [-0.2, 0) is 12.8 Å². The number of hydrogen-bond donors (Lipinski definition) is 0. The highest BCUT2D eigenvalue weighted by atomic mass is 16.2. The van der Waals surface area contributed by atoms with Crippen LogP contribution in [-0.4, -0.2) is 4.57 Å².